The summed E-state index contributed by atoms with van der Waals surface area (Å²) < 4.78 is 32.9. The fourth-order valence-corrected chi connectivity index (χ4v) is 4.87. The number of nitrogens with zero attached hydrogens (tertiary/aromatic N) is 1. The normalized spacial score (nSPS) is 16.4. The van der Waals surface area contributed by atoms with Crippen LogP contribution in [-0.2, 0) is 10.0 Å². The zero-order chi connectivity index (χ0) is 19.8. The number of aromatic nitrogens is 2. The van der Waals surface area contributed by atoms with Crippen molar-refractivity contribution in [3.05, 3.63) is 55.9 Å². The molecule has 0 bridgehead atoms. The Balaban J connectivity index is 1.72. The van der Waals surface area contributed by atoms with Crippen molar-refractivity contribution in [1.82, 2.24) is 14.3 Å². The third-order valence-corrected chi connectivity index (χ3v) is 6.91. The van der Waals surface area contributed by atoms with Crippen molar-refractivity contribution >= 4 is 10.0 Å². The summed E-state index contributed by atoms with van der Waals surface area (Å²) in [6.45, 7) is 5.94. The van der Waals surface area contributed by atoms with E-state index >= 15 is 0 Å². The quantitative estimate of drug-likeness (QED) is 0.811. The first-order valence-electron chi connectivity index (χ1n) is 8.76. The van der Waals surface area contributed by atoms with Gasteiger partial charge in [-0.15, -0.1) is 0 Å². The fraction of sp³-hybridized carbons (Fsp3) is 0.444. The minimum absolute atomic E-state index is 0.0391. The first-order valence-corrected chi connectivity index (χ1v) is 10.2. The second kappa shape index (κ2) is 7.32. The largest absolute Gasteiger partial charge is 0.490 e. The monoisotopic (exact) mass is 393 g/mol. The Morgan fingerprint density at radius 3 is 2.30 bits per heavy atom. The van der Waals surface area contributed by atoms with Crippen molar-refractivity contribution in [3.8, 4) is 5.75 Å². The molecular formula is C18H23N3O5S. The maximum absolute atomic E-state index is 12.8. The number of H-pyrrole nitrogens is 2. The summed E-state index contributed by atoms with van der Waals surface area (Å²) in [4.78, 5) is 27.2. The smallest absolute Gasteiger partial charge is 0.325 e. The van der Waals surface area contributed by atoms with Gasteiger partial charge in [0.2, 0.25) is 10.0 Å². The number of hydrogen-bond donors (Lipinski definition) is 2. The van der Waals surface area contributed by atoms with Crippen molar-refractivity contribution in [2.24, 2.45) is 0 Å². The molecule has 2 aromatic rings. The van der Waals surface area contributed by atoms with Gasteiger partial charge in [0.25, 0.3) is 5.56 Å². The van der Waals surface area contributed by atoms with E-state index in [1.807, 2.05) is 37.0 Å². The summed E-state index contributed by atoms with van der Waals surface area (Å²) in [6, 6.07) is 5.88. The van der Waals surface area contributed by atoms with Gasteiger partial charge in [-0.25, -0.2) is 13.2 Å². The summed E-state index contributed by atoms with van der Waals surface area (Å²) in [5.41, 5.74) is 0.740. The van der Waals surface area contributed by atoms with Crippen LogP contribution in [-0.4, -0.2) is 41.9 Å². The first-order chi connectivity index (χ1) is 12.7. The number of ether oxygens (including phenoxy) is 1. The fourth-order valence-electron chi connectivity index (χ4n) is 3.20. The first kappa shape index (κ1) is 19.4. The second-order valence-corrected chi connectivity index (χ2v) is 8.70. The summed E-state index contributed by atoms with van der Waals surface area (Å²) in [5.74, 6) is 0.771. The van der Waals surface area contributed by atoms with Crippen LogP contribution in [0.5, 0.6) is 5.75 Å². The molecule has 2 heterocycles. The van der Waals surface area contributed by atoms with E-state index in [0.717, 1.165) is 11.3 Å². The number of sulfonamides is 1. The van der Waals surface area contributed by atoms with Crippen molar-refractivity contribution < 1.29 is 13.2 Å². The summed E-state index contributed by atoms with van der Waals surface area (Å²) in [6.07, 6.45) is 0.951. The maximum atomic E-state index is 12.8. The van der Waals surface area contributed by atoms with Gasteiger partial charge in [-0.1, -0.05) is 6.07 Å². The van der Waals surface area contributed by atoms with Gasteiger partial charge in [0.05, 0.1) is 0 Å². The van der Waals surface area contributed by atoms with Gasteiger partial charge >= 0.3 is 5.69 Å². The molecule has 1 aromatic heterocycles. The van der Waals surface area contributed by atoms with Crippen LogP contribution < -0.4 is 16.0 Å². The summed E-state index contributed by atoms with van der Waals surface area (Å²) in [5, 5.41) is 0. The van der Waals surface area contributed by atoms with Crippen LogP contribution in [0.4, 0.5) is 0 Å². The Hall–Kier alpha value is -2.39. The van der Waals surface area contributed by atoms with Gasteiger partial charge in [-0.2, -0.15) is 4.31 Å². The van der Waals surface area contributed by atoms with Crippen LogP contribution in [0, 0.1) is 20.8 Å². The zero-order valence-electron chi connectivity index (χ0n) is 15.5. The predicted octanol–water partition coefficient (Wildman–Crippen LogP) is 1.22. The Kier molecular flexibility index (Phi) is 5.25. The van der Waals surface area contributed by atoms with Crippen LogP contribution in [0.15, 0.2) is 32.7 Å². The molecular weight excluding hydrogens is 370 g/mol. The van der Waals surface area contributed by atoms with E-state index in [1.54, 1.807) is 0 Å². The molecule has 0 amide bonds. The summed E-state index contributed by atoms with van der Waals surface area (Å²) >= 11 is 0. The van der Waals surface area contributed by atoms with Gasteiger partial charge in [-0.05, 0) is 56.9 Å². The highest BCUT2D eigenvalue weighted by Crippen LogP contribution is 2.24. The van der Waals surface area contributed by atoms with Gasteiger partial charge < -0.3 is 9.72 Å². The van der Waals surface area contributed by atoms with E-state index in [4.69, 9.17) is 4.74 Å². The molecule has 2 N–H and O–H groups in total. The number of nitrogens with one attached hydrogen (secondary N) is 2. The molecule has 0 aliphatic carbocycles. The molecule has 1 saturated heterocycles. The highest BCUT2D eigenvalue weighted by Gasteiger charge is 2.33. The van der Waals surface area contributed by atoms with E-state index in [1.165, 1.54) is 16.8 Å². The van der Waals surface area contributed by atoms with E-state index in [2.05, 4.69) is 4.98 Å². The second-order valence-electron chi connectivity index (χ2n) is 6.83. The highest BCUT2D eigenvalue weighted by atomic mass is 32.2. The summed E-state index contributed by atoms with van der Waals surface area (Å²) in [7, 11) is -3.98. The third-order valence-electron chi connectivity index (χ3n) is 4.85. The number of hydrogen-bond acceptors (Lipinski definition) is 5. The molecule has 3 rings (SSSR count). The average molecular weight is 393 g/mol. The van der Waals surface area contributed by atoms with E-state index in [0.29, 0.717) is 12.8 Å². The van der Waals surface area contributed by atoms with E-state index < -0.39 is 26.2 Å². The topological polar surface area (TPSA) is 112 Å². The molecule has 0 unspecified atom stereocenters. The van der Waals surface area contributed by atoms with Gasteiger partial charge in [0.1, 0.15) is 11.9 Å². The zero-order valence-corrected chi connectivity index (χ0v) is 16.4. The molecule has 8 nitrogen and oxygen atoms in total. The Morgan fingerprint density at radius 1 is 1.04 bits per heavy atom. The minimum Gasteiger partial charge on any atom is -0.490 e. The van der Waals surface area contributed by atoms with Crippen molar-refractivity contribution in [1.29, 1.82) is 0 Å². The van der Waals surface area contributed by atoms with Crippen molar-refractivity contribution in [3.63, 3.8) is 0 Å². The van der Waals surface area contributed by atoms with Crippen molar-refractivity contribution in [2.45, 2.75) is 44.6 Å². The number of aryl methyl sites for hydroxylation is 3. The lowest BCUT2D eigenvalue weighted by atomic mass is 10.1. The average Bonchev–Trinajstić information content (AvgIpc) is 2.57. The molecule has 1 aromatic carbocycles. The Labute approximate surface area is 157 Å². The van der Waals surface area contributed by atoms with Crippen LogP contribution in [0.2, 0.25) is 0 Å². The standard InChI is InChI=1S/C18H23N3O5S/c1-11-4-5-15(10-12(11)2)26-14-6-8-21(9-7-14)27(24,25)16-13(3)19-18(23)20-17(16)22/h4-5,10,14H,6-9H2,1-3H3,(H2,19,20,22,23). The molecule has 1 fully saturated rings. The Bertz CT molecular complexity index is 1060. The predicted molar refractivity (Wildman–Crippen MR) is 101 cm³/mol. The Morgan fingerprint density at radius 2 is 1.70 bits per heavy atom. The van der Waals surface area contributed by atoms with Crippen LogP contribution in [0.3, 0.4) is 0 Å². The van der Waals surface area contributed by atoms with Crippen LogP contribution in [0.25, 0.3) is 0 Å². The van der Waals surface area contributed by atoms with Crippen molar-refractivity contribution in [2.75, 3.05) is 13.1 Å². The number of benzene rings is 1. The number of rotatable bonds is 4. The number of aromatic amines is 2. The highest BCUT2D eigenvalue weighted by molar-refractivity contribution is 7.89. The molecule has 1 aliphatic heterocycles. The van der Waals surface area contributed by atoms with Crippen LogP contribution in [0.1, 0.15) is 29.7 Å². The molecule has 9 heteroatoms. The van der Waals surface area contributed by atoms with Gasteiger partial charge in [0.15, 0.2) is 4.90 Å². The van der Waals surface area contributed by atoms with Gasteiger partial charge in [0, 0.05) is 18.8 Å². The molecule has 1 aliphatic rings. The minimum atomic E-state index is -3.98. The molecule has 0 saturated carbocycles. The molecule has 0 radical (unpaired) electrons. The SMILES string of the molecule is Cc1ccc(OC2CCN(S(=O)(=O)c3c(C)[nH]c(=O)[nH]c3=O)CC2)cc1C. The molecule has 0 spiro atoms. The number of piperidine rings is 1. The maximum Gasteiger partial charge on any atom is 0.325 e. The molecule has 0 atom stereocenters. The van der Waals surface area contributed by atoms with Gasteiger partial charge in [-0.3, -0.25) is 9.78 Å². The van der Waals surface area contributed by atoms with E-state index in [9.17, 15) is 18.0 Å². The van der Waals surface area contributed by atoms with E-state index in [-0.39, 0.29) is 24.9 Å². The lowest BCUT2D eigenvalue weighted by molar-refractivity contribution is 0.135. The third kappa shape index (κ3) is 3.98. The molecule has 27 heavy (non-hydrogen) atoms. The lowest BCUT2D eigenvalue weighted by Crippen LogP contribution is -2.44. The van der Waals surface area contributed by atoms with Crippen LogP contribution >= 0.6 is 0 Å². The lowest BCUT2D eigenvalue weighted by Gasteiger charge is -2.31. The molecule has 146 valence electrons.